The van der Waals surface area contributed by atoms with Gasteiger partial charge in [0.2, 0.25) is 5.71 Å². The van der Waals surface area contributed by atoms with Crippen molar-refractivity contribution in [1.29, 1.82) is 0 Å². The molecule has 0 saturated heterocycles. The van der Waals surface area contributed by atoms with Crippen molar-refractivity contribution in [2.24, 2.45) is 0 Å². The molecule has 0 saturated carbocycles. The first-order valence-electron chi connectivity index (χ1n) is 8.69. The molecule has 0 fully saturated rings. The number of hydrogen-bond acceptors (Lipinski definition) is 3. The van der Waals surface area contributed by atoms with Crippen molar-refractivity contribution in [1.82, 2.24) is 9.97 Å². The molecule has 130 valence electrons. The standard InChI is InChI=1S/C23H15ClN2O/c1-3-5-13-6-7-16-15(14(13)4-2)8-9-18-17(16)10-11-19-21(18)22-23(27-19)26-20(24)12-25-22/h3-12H,2H2,1H3/b5-3-. The molecule has 0 atom stereocenters. The van der Waals surface area contributed by atoms with Gasteiger partial charge in [-0.05, 0) is 45.7 Å². The van der Waals surface area contributed by atoms with Gasteiger partial charge >= 0.3 is 0 Å². The van der Waals surface area contributed by atoms with Gasteiger partial charge < -0.3 is 4.42 Å². The molecular formula is C23H15ClN2O. The quantitative estimate of drug-likeness (QED) is 0.313. The van der Waals surface area contributed by atoms with Crippen LogP contribution in [0.3, 0.4) is 0 Å². The summed E-state index contributed by atoms with van der Waals surface area (Å²) < 4.78 is 5.87. The molecule has 2 aromatic heterocycles. The van der Waals surface area contributed by atoms with Crippen LogP contribution in [0.5, 0.6) is 0 Å². The summed E-state index contributed by atoms with van der Waals surface area (Å²) in [5, 5.41) is 5.87. The highest BCUT2D eigenvalue weighted by Crippen LogP contribution is 2.37. The van der Waals surface area contributed by atoms with Crippen molar-refractivity contribution in [3.63, 3.8) is 0 Å². The van der Waals surface area contributed by atoms with Gasteiger partial charge in [-0.1, -0.05) is 66.7 Å². The van der Waals surface area contributed by atoms with Crippen molar-refractivity contribution in [3.8, 4) is 0 Å². The smallest absolute Gasteiger partial charge is 0.247 e. The number of allylic oxidation sites excluding steroid dienone is 1. The lowest BCUT2D eigenvalue weighted by molar-refractivity contribution is 0.653. The van der Waals surface area contributed by atoms with E-state index in [9.17, 15) is 0 Å². The van der Waals surface area contributed by atoms with E-state index in [1.54, 1.807) is 6.20 Å². The second kappa shape index (κ2) is 5.93. The maximum absolute atomic E-state index is 5.97. The fraction of sp³-hybridized carbons (Fsp3) is 0.0435. The van der Waals surface area contributed by atoms with Gasteiger partial charge in [0.05, 0.1) is 11.6 Å². The van der Waals surface area contributed by atoms with E-state index in [1.165, 1.54) is 10.8 Å². The summed E-state index contributed by atoms with van der Waals surface area (Å²) in [6.45, 7) is 6.03. The van der Waals surface area contributed by atoms with Gasteiger partial charge in [0.1, 0.15) is 11.1 Å². The third kappa shape index (κ3) is 2.29. The van der Waals surface area contributed by atoms with Crippen LogP contribution < -0.4 is 0 Å². The Balaban J connectivity index is 1.95. The molecular weight excluding hydrogens is 356 g/mol. The molecule has 0 bridgehead atoms. The first kappa shape index (κ1) is 16.0. The predicted octanol–water partition coefficient (Wildman–Crippen LogP) is 7.01. The molecule has 0 amide bonds. The number of aromatic nitrogens is 2. The summed E-state index contributed by atoms with van der Waals surface area (Å²) in [4.78, 5) is 8.71. The molecule has 0 N–H and O–H groups in total. The summed E-state index contributed by atoms with van der Waals surface area (Å²) >= 11 is 5.97. The fourth-order valence-electron chi connectivity index (χ4n) is 3.82. The van der Waals surface area contributed by atoms with Gasteiger partial charge in [-0.25, -0.2) is 4.98 Å². The summed E-state index contributed by atoms with van der Waals surface area (Å²) in [5.41, 5.74) is 4.24. The molecule has 4 heteroatoms. The lowest BCUT2D eigenvalue weighted by Gasteiger charge is -2.10. The van der Waals surface area contributed by atoms with Crippen LogP contribution >= 0.6 is 11.6 Å². The van der Waals surface area contributed by atoms with Crippen LogP contribution in [-0.4, -0.2) is 9.97 Å². The average Bonchev–Trinajstić information content (AvgIpc) is 3.05. The number of hydrogen-bond donors (Lipinski definition) is 0. The largest absolute Gasteiger partial charge is 0.436 e. The zero-order valence-corrected chi connectivity index (χ0v) is 15.4. The Morgan fingerprint density at radius 1 is 1.00 bits per heavy atom. The molecule has 5 rings (SSSR count). The minimum Gasteiger partial charge on any atom is -0.436 e. The zero-order chi connectivity index (χ0) is 18.5. The molecule has 0 radical (unpaired) electrons. The summed E-state index contributed by atoms with van der Waals surface area (Å²) in [6, 6.07) is 12.6. The van der Waals surface area contributed by atoms with Gasteiger partial charge in [0.15, 0.2) is 5.15 Å². The van der Waals surface area contributed by atoms with Crippen LogP contribution in [0.4, 0.5) is 0 Å². The predicted molar refractivity (Wildman–Crippen MR) is 114 cm³/mol. The first-order valence-corrected chi connectivity index (χ1v) is 9.07. The number of rotatable bonds is 2. The van der Waals surface area contributed by atoms with E-state index in [2.05, 4.69) is 53.0 Å². The maximum Gasteiger partial charge on any atom is 0.247 e. The number of halogens is 1. The van der Waals surface area contributed by atoms with Gasteiger partial charge in [0, 0.05) is 0 Å². The molecule has 0 spiro atoms. The SMILES string of the molecule is C=Cc1c(/C=C\C)ccc2c1ccc1c2ccc2oc3nc(Cl)cnc3c21. The Bertz CT molecular complexity index is 1410. The van der Waals surface area contributed by atoms with Crippen molar-refractivity contribution < 1.29 is 4.42 Å². The van der Waals surface area contributed by atoms with Gasteiger partial charge in [-0.3, -0.25) is 0 Å². The highest BCUT2D eigenvalue weighted by atomic mass is 35.5. The second-order valence-electron chi connectivity index (χ2n) is 6.42. The third-order valence-electron chi connectivity index (χ3n) is 4.94. The van der Waals surface area contributed by atoms with Gasteiger partial charge in [-0.15, -0.1) is 0 Å². The molecule has 3 nitrogen and oxygen atoms in total. The van der Waals surface area contributed by atoms with E-state index in [-0.39, 0.29) is 0 Å². The van der Waals surface area contributed by atoms with Crippen molar-refractivity contribution in [2.75, 3.05) is 0 Å². The molecule has 0 aliphatic rings. The third-order valence-corrected chi connectivity index (χ3v) is 5.12. The Kier molecular flexibility index (Phi) is 3.52. The minimum absolute atomic E-state index is 0.323. The van der Waals surface area contributed by atoms with E-state index >= 15 is 0 Å². The first-order chi connectivity index (χ1) is 13.2. The Hall–Kier alpha value is -3.17. The Morgan fingerprint density at radius 3 is 2.56 bits per heavy atom. The highest BCUT2D eigenvalue weighted by molar-refractivity contribution is 6.30. The normalized spacial score (nSPS) is 12.1. The highest BCUT2D eigenvalue weighted by Gasteiger charge is 2.15. The van der Waals surface area contributed by atoms with Crippen molar-refractivity contribution in [3.05, 3.63) is 71.5 Å². The van der Waals surface area contributed by atoms with E-state index in [0.29, 0.717) is 10.9 Å². The number of nitrogens with zero attached hydrogens (tertiary/aromatic N) is 2. The molecule has 2 heterocycles. The minimum atomic E-state index is 0.323. The lowest BCUT2D eigenvalue weighted by Crippen LogP contribution is -1.86. The van der Waals surface area contributed by atoms with E-state index in [0.717, 1.165) is 38.4 Å². The monoisotopic (exact) mass is 370 g/mol. The average molecular weight is 371 g/mol. The fourth-order valence-corrected chi connectivity index (χ4v) is 3.95. The Labute approximate surface area is 160 Å². The molecule has 0 aliphatic heterocycles. The summed E-state index contributed by atoms with van der Waals surface area (Å²) in [6.07, 6.45) is 7.62. The van der Waals surface area contributed by atoms with Crippen LogP contribution in [0.2, 0.25) is 5.15 Å². The molecule has 0 aliphatic carbocycles. The van der Waals surface area contributed by atoms with Crippen molar-refractivity contribution in [2.45, 2.75) is 6.92 Å². The van der Waals surface area contributed by atoms with Gasteiger partial charge in [0.25, 0.3) is 0 Å². The molecule has 3 aromatic carbocycles. The molecule has 5 aromatic rings. The van der Waals surface area contributed by atoms with Crippen LogP contribution in [0.15, 0.2) is 59.7 Å². The number of benzene rings is 3. The summed E-state index contributed by atoms with van der Waals surface area (Å²) in [7, 11) is 0. The van der Waals surface area contributed by atoms with Crippen LogP contribution in [0.1, 0.15) is 18.1 Å². The van der Waals surface area contributed by atoms with Gasteiger partial charge in [-0.2, -0.15) is 4.98 Å². The molecule has 27 heavy (non-hydrogen) atoms. The van der Waals surface area contributed by atoms with Crippen LogP contribution in [-0.2, 0) is 0 Å². The lowest BCUT2D eigenvalue weighted by atomic mass is 9.93. The molecule has 0 unspecified atom stereocenters. The van der Waals surface area contributed by atoms with E-state index in [4.69, 9.17) is 16.0 Å². The van der Waals surface area contributed by atoms with Crippen LogP contribution in [0, 0.1) is 0 Å². The van der Waals surface area contributed by atoms with E-state index < -0.39 is 0 Å². The van der Waals surface area contributed by atoms with E-state index in [1.807, 2.05) is 25.1 Å². The zero-order valence-electron chi connectivity index (χ0n) is 14.7. The number of fused-ring (bicyclic) bond motifs is 7. The maximum atomic E-state index is 5.97. The Morgan fingerprint density at radius 2 is 1.74 bits per heavy atom. The second-order valence-corrected chi connectivity index (χ2v) is 6.80. The number of furan rings is 1. The van der Waals surface area contributed by atoms with Crippen molar-refractivity contribution >= 4 is 67.5 Å². The van der Waals surface area contributed by atoms with Crippen LogP contribution in [0.25, 0.3) is 55.9 Å². The summed E-state index contributed by atoms with van der Waals surface area (Å²) in [5.74, 6) is 0. The topological polar surface area (TPSA) is 38.9 Å².